The van der Waals surface area contributed by atoms with Crippen LogP contribution in [0.1, 0.15) is 15.9 Å². The molecule has 1 saturated carbocycles. The molecule has 0 spiro atoms. The van der Waals surface area contributed by atoms with Crippen LogP contribution in [0, 0.1) is 5.92 Å². The molecule has 0 bridgehead atoms. The maximum Gasteiger partial charge on any atom is 0.251 e. The van der Waals surface area contributed by atoms with Gasteiger partial charge in [0.25, 0.3) is 5.91 Å². The molecule has 158 valence electrons. The highest BCUT2D eigenvalue weighted by Gasteiger charge is 2.52. The molecule has 4 N–H and O–H groups in total. The number of pyridine rings is 1. The number of amides is 1. The summed E-state index contributed by atoms with van der Waals surface area (Å²) in [7, 11) is 0. The van der Waals surface area contributed by atoms with Gasteiger partial charge in [0, 0.05) is 42.4 Å². The van der Waals surface area contributed by atoms with E-state index < -0.39 is 12.2 Å². The molecule has 2 aromatic heterocycles. The molecule has 1 aliphatic heterocycles. The summed E-state index contributed by atoms with van der Waals surface area (Å²) in [6, 6.07) is 10.0. The van der Waals surface area contributed by atoms with Crippen LogP contribution in [0.5, 0.6) is 5.75 Å². The molecule has 9 heteroatoms. The third-order valence-electron chi connectivity index (χ3n) is 5.59. The molecule has 5 rings (SSSR count). The second-order valence-electron chi connectivity index (χ2n) is 7.58. The zero-order valence-electron chi connectivity index (χ0n) is 16.6. The first-order valence-corrected chi connectivity index (χ1v) is 10.1. The van der Waals surface area contributed by atoms with Crippen molar-refractivity contribution in [3.63, 3.8) is 0 Å². The van der Waals surface area contributed by atoms with Crippen LogP contribution < -0.4 is 21.1 Å². The molecule has 1 amide bonds. The van der Waals surface area contributed by atoms with Gasteiger partial charge < -0.3 is 21.1 Å². The predicted octanol–water partition coefficient (Wildman–Crippen LogP) is 2.23. The van der Waals surface area contributed by atoms with E-state index in [0.717, 1.165) is 11.1 Å². The summed E-state index contributed by atoms with van der Waals surface area (Å²) in [5.74, 6) is 0.964. The Morgan fingerprint density at radius 3 is 2.87 bits per heavy atom. The van der Waals surface area contributed by atoms with E-state index in [0.29, 0.717) is 42.4 Å². The summed E-state index contributed by atoms with van der Waals surface area (Å²) in [4.78, 5) is 24.9. The molecule has 1 aliphatic carbocycles. The van der Waals surface area contributed by atoms with E-state index in [1.54, 1.807) is 42.7 Å². The van der Waals surface area contributed by atoms with E-state index in [-0.39, 0.29) is 17.8 Å². The van der Waals surface area contributed by atoms with Gasteiger partial charge in [-0.05, 0) is 18.2 Å². The molecular formula is C22H21FN6O2. The fourth-order valence-corrected chi connectivity index (χ4v) is 3.84. The number of nitrogen functional groups attached to an aromatic ring is 1. The second-order valence-corrected chi connectivity index (χ2v) is 7.58. The van der Waals surface area contributed by atoms with Gasteiger partial charge in [-0.1, -0.05) is 18.2 Å². The highest BCUT2D eigenvalue weighted by atomic mass is 19.1. The molecule has 0 saturated heterocycles. The highest BCUT2D eigenvalue weighted by Crippen LogP contribution is 2.40. The largest absolute Gasteiger partial charge is 0.492 e. The van der Waals surface area contributed by atoms with Crippen molar-refractivity contribution in [2.75, 3.05) is 24.2 Å². The number of nitrogens with two attached hydrogens (primary N) is 1. The van der Waals surface area contributed by atoms with Gasteiger partial charge in [-0.3, -0.25) is 4.79 Å². The SMILES string of the molecule is Nc1nccc(-c2cnc(NCC3C(F)C3NC(=O)c3ccccc3)c3c2OCC3)n1. The smallest absolute Gasteiger partial charge is 0.251 e. The van der Waals surface area contributed by atoms with Crippen molar-refractivity contribution >= 4 is 17.7 Å². The van der Waals surface area contributed by atoms with Crippen molar-refractivity contribution in [1.29, 1.82) is 0 Å². The first-order valence-electron chi connectivity index (χ1n) is 10.1. The monoisotopic (exact) mass is 420 g/mol. The van der Waals surface area contributed by atoms with Gasteiger partial charge in [-0.15, -0.1) is 0 Å². The van der Waals surface area contributed by atoms with Crippen LogP contribution in [-0.4, -0.2) is 46.2 Å². The van der Waals surface area contributed by atoms with Crippen molar-refractivity contribution in [3.8, 4) is 17.0 Å². The number of alkyl halides is 1. The normalized spacial score (nSPS) is 21.1. The minimum Gasteiger partial charge on any atom is -0.492 e. The predicted molar refractivity (Wildman–Crippen MR) is 113 cm³/mol. The highest BCUT2D eigenvalue weighted by molar-refractivity contribution is 5.94. The Kier molecular flexibility index (Phi) is 4.85. The lowest BCUT2D eigenvalue weighted by Gasteiger charge is -2.12. The van der Waals surface area contributed by atoms with Gasteiger partial charge in [0.15, 0.2) is 0 Å². The molecule has 3 heterocycles. The van der Waals surface area contributed by atoms with E-state index in [1.807, 2.05) is 6.07 Å². The van der Waals surface area contributed by atoms with Gasteiger partial charge >= 0.3 is 0 Å². The minimum absolute atomic E-state index is 0.178. The molecule has 1 fully saturated rings. The maximum absolute atomic E-state index is 14.3. The van der Waals surface area contributed by atoms with Crippen LogP contribution in [0.2, 0.25) is 0 Å². The van der Waals surface area contributed by atoms with Gasteiger partial charge in [-0.2, -0.15) is 0 Å². The van der Waals surface area contributed by atoms with Crippen LogP contribution in [-0.2, 0) is 6.42 Å². The van der Waals surface area contributed by atoms with Crippen LogP contribution >= 0.6 is 0 Å². The van der Waals surface area contributed by atoms with Crippen molar-refractivity contribution in [2.45, 2.75) is 18.6 Å². The zero-order valence-corrected chi connectivity index (χ0v) is 16.6. The lowest BCUT2D eigenvalue weighted by molar-refractivity contribution is 0.0946. The second kappa shape index (κ2) is 7.82. The Balaban J connectivity index is 1.26. The third kappa shape index (κ3) is 3.74. The number of carbonyl (C=O) groups excluding carboxylic acids is 1. The first-order chi connectivity index (χ1) is 15.1. The molecule has 2 aliphatic rings. The fourth-order valence-electron chi connectivity index (χ4n) is 3.84. The average molecular weight is 420 g/mol. The Morgan fingerprint density at radius 2 is 2.06 bits per heavy atom. The molecule has 3 atom stereocenters. The number of carbonyl (C=O) groups is 1. The van der Waals surface area contributed by atoms with Crippen LogP contribution in [0.4, 0.5) is 16.2 Å². The molecule has 3 unspecified atom stereocenters. The standard InChI is InChI=1S/C22H21FN6O2/c23-17-15(18(17)29-21(30)12-4-2-1-3-5-12)11-27-20-13-7-9-31-19(13)14(10-26-20)16-6-8-25-22(24)28-16/h1-6,8,10,15,17-18H,7,9,11H2,(H,26,27)(H,29,30)(H2,24,25,28). The Bertz CT molecular complexity index is 1130. The lowest BCUT2D eigenvalue weighted by atomic mass is 10.1. The quantitative estimate of drug-likeness (QED) is 0.560. The zero-order chi connectivity index (χ0) is 21.4. The summed E-state index contributed by atoms with van der Waals surface area (Å²) >= 11 is 0. The maximum atomic E-state index is 14.3. The summed E-state index contributed by atoms with van der Waals surface area (Å²) in [6.45, 7) is 0.897. The van der Waals surface area contributed by atoms with Crippen molar-refractivity contribution in [3.05, 3.63) is 59.9 Å². The number of hydrogen-bond acceptors (Lipinski definition) is 7. The Labute approximate surface area is 178 Å². The topological polar surface area (TPSA) is 115 Å². The van der Waals surface area contributed by atoms with Gasteiger partial charge in [0.2, 0.25) is 5.95 Å². The molecule has 31 heavy (non-hydrogen) atoms. The van der Waals surface area contributed by atoms with Crippen LogP contribution in [0.25, 0.3) is 11.3 Å². The summed E-state index contributed by atoms with van der Waals surface area (Å²) in [6.07, 6.45) is 2.86. The summed E-state index contributed by atoms with van der Waals surface area (Å²) < 4.78 is 20.1. The summed E-state index contributed by atoms with van der Waals surface area (Å²) in [5.41, 5.74) is 8.52. The lowest BCUT2D eigenvalue weighted by Crippen LogP contribution is -2.28. The Hall–Kier alpha value is -3.75. The number of halogens is 1. The first kappa shape index (κ1) is 19.2. The summed E-state index contributed by atoms with van der Waals surface area (Å²) in [5, 5.41) is 6.00. The number of hydrogen-bond donors (Lipinski definition) is 3. The molecular weight excluding hydrogens is 399 g/mol. The van der Waals surface area contributed by atoms with E-state index in [4.69, 9.17) is 10.5 Å². The van der Waals surface area contributed by atoms with Crippen LogP contribution in [0.15, 0.2) is 48.8 Å². The van der Waals surface area contributed by atoms with E-state index >= 15 is 0 Å². The molecule has 8 nitrogen and oxygen atoms in total. The molecule has 1 aromatic carbocycles. The van der Waals surface area contributed by atoms with Crippen molar-refractivity contribution in [2.24, 2.45) is 5.92 Å². The minimum atomic E-state index is -1.09. The van der Waals surface area contributed by atoms with Gasteiger partial charge in [0.1, 0.15) is 17.7 Å². The number of ether oxygens (including phenoxy) is 1. The van der Waals surface area contributed by atoms with Crippen molar-refractivity contribution < 1.29 is 13.9 Å². The number of nitrogens with zero attached hydrogens (tertiary/aromatic N) is 3. The molecule has 0 radical (unpaired) electrons. The van der Waals surface area contributed by atoms with E-state index in [1.165, 1.54) is 0 Å². The third-order valence-corrected chi connectivity index (χ3v) is 5.59. The van der Waals surface area contributed by atoms with Gasteiger partial charge in [-0.25, -0.2) is 19.3 Å². The Morgan fingerprint density at radius 1 is 1.23 bits per heavy atom. The molecule has 3 aromatic rings. The number of anilines is 2. The number of fused-ring (bicyclic) bond motifs is 1. The van der Waals surface area contributed by atoms with Crippen molar-refractivity contribution in [1.82, 2.24) is 20.3 Å². The van der Waals surface area contributed by atoms with E-state index in [2.05, 4.69) is 25.6 Å². The number of benzene rings is 1. The van der Waals surface area contributed by atoms with Gasteiger partial charge in [0.05, 0.1) is 23.9 Å². The number of rotatable bonds is 6. The number of aromatic nitrogens is 3. The number of nitrogens with one attached hydrogen (secondary N) is 2. The van der Waals surface area contributed by atoms with Crippen LogP contribution in [0.3, 0.4) is 0 Å². The average Bonchev–Trinajstić information content (AvgIpc) is 3.15. The van der Waals surface area contributed by atoms with E-state index in [9.17, 15) is 9.18 Å². The fraction of sp³-hybridized carbons (Fsp3) is 0.273.